The molecule has 0 saturated heterocycles. The van der Waals surface area contributed by atoms with Crippen molar-refractivity contribution in [1.82, 2.24) is 0 Å². The van der Waals surface area contributed by atoms with Gasteiger partial charge in [0.2, 0.25) is 0 Å². The van der Waals surface area contributed by atoms with Crippen molar-refractivity contribution in [3.8, 4) is 0 Å². The predicted molar refractivity (Wildman–Crippen MR) is 87.8 cm³/mol. The molecule has 0 amide bonds. The zero-order valence-electron chi connectivity index (χ0n) is 13.1. The van der Waals surface area contributed by atoms with Gasteiger partial charge in [0, 0.05) is 13.2 Å². The van der Waals surface area contributed by atoms with Crippen molar-refractivity contribution in [2.24, 2.45) is 11.1 Å². The minimum atomic E-state index is -0.254. The number of ether oxygens (including phenoxy) is 1. The highest BCUT2D eigenvalue weighted by atomic mass is 79.9. The molecule has 0 bridgehead atoms. The van der Waals surface area contributed by atoms with Gasteiger partial charge in [-0.3, -0.25) is 0 Å². The molecule has 2 rings (SSSR count). The minimum Gasteiger partial charge on any atom is -0.377 e. The van der Waals surface area contributed by atoms with Crippen LogP contribution >= 0.6 is 15.9 Å². The average molecular weight is 358 g/mol. The lowest BCUT2D eigenvalue weighted by atomic mass is 9.68. The van der Waals surface area contributed by atoms with Crippen molar-refractivity contribution in [1.29, 1.82) is 0 Å². The first-order valence-corrected chi connectivity index (χ1v) is 8.32. The number of methoxy groups -OCH3 is 1. The predicted octanol–water partition coefficient (Wildman–Crippen LogP) is 4.44. The van der Waals surface area contributed by atoms with E-state index in [1.807, 2.05) is 6.07 Å². The lowest BCUT2D eigenvalue weighted by Crippen LogP contribution is -2.53. The van der Waals surface area contributed by atoms with Crippen LogP contribution in [0.25, 0.3) is 0 Å². The summed E-state index contributed by atoms with van der Waals surface area (Å²) < 4.78 is 19.7. The van der Waals surface area contributed by atoms with Crippen molar-refractivity contribution >= 4 is 15.9 Å². The zero-order chi connectivity index (χ0) is 15.7. The van der Waals surface area contributed by atoms with Gasteiger partial charge in [0.1, 0.15) is 5.82 Å². The van der Waals surface area contributed by atoms with Crippen molar-refractivity contribution in [2.45, 2.75) is 57.6 Å². The molecule has 1 atom stereocenters. The van der Waals surface area contributed by atoms with Crippen molar-refractivity contribution in [2.75, 3.05) is 7.11 Å². The monoisotopic (exact) mass is 357 g/mol. The van der Waals surface area contributed by atoms with Crippen LogP contribution in [-0.4, -0.2) is 18.8 Å². The molecule has 0 spiro atoms. The summed E-state index contributed by atoms with van der Waals surface area (Å²) in [6, 6.07) is 5.02. The molecule has 0 aromatic heterocycles. The van der Waals surface area contributed by atoms with Crippen LogP contribution < -0.4 is 5.73 Å². The van der Waals surface area contributed by atoms with Gasteiger partial charge < -0.3 is 10.5 Å². The van der Waals surface area contributed by atoms with E-state index in [0.29, 0.717) is 16.3 Å². The van der Waals surface area contributed by atoms with Gasteiger partial charge in [-0.15, -0.1) is 0 Å². The zero-order valence-corrected chi connectivity index (χ0v) is 14.7. The van der Waals surface area contributed by atoms with Crippen LogP contribution in [0.15, 0.2) is 22.7 Å². The van der Waals surface area contributed by atoms with E-state index in [4.69, 9.17) is 10.5 Å². The Morgan fingerprint density at radius 1 is 1.29 bits per heavy atom. The molecule has 2 N–H and O–H groups in total. The summed E-state index contributed by atoms with van der Waals surface area (Å²) in [5.41, 5.74) is 7.63. The average Bonchev–Trinajstić information content (AvgIpc) is 2.43. The first kappa shape index (κ1) is 16.9. The summed E-state index contributed by atoms with van der Waals surface area (Å²) in [6.07, 6.45) is 4.93. The number of halogens is 2. The second kappa shape index (κ2) is 6.35. The van der Waals surface area contributed by atoms with Crippen LogP contribution in [0.5, 0.6) is 0 Å². The molecule has 1 unspecified atom stereocenters. The van der Waals surface area contributed by atoms with E-state index in [-0.39, 0.29) is 17.5 Å². The van der Waals surface area contributed by atoms with Crippen molar-refractivity contribution in [3.63, 3.8) is 0 Å². The van der Waals surface area contributed by atoms with Crippen LogP contribution in [0.1, 0.15) is 45.1 Å². The fourth-order valence-corrected chi connectivity index (χ4v) is 3.61. The van der Waals surface area contributed by atoms with Crippen LogP contribution in [0.2, 0.25) is 0 Å². The van der Waals surface area contributed by atoms with Crippen LogP contribution in [0, 0.1) is 11.2 Å². The molecular formula is C17H25BrFNO. The Kier molecular flexibility index (Phi) is 5.11. The van der Waals surface area contributed by atoms with Crippen LogP contribution in [0.4, 0.5) is 4.39 Å². The molecule has 0 heterocycles. The van der Waals surface area contributed by atoms with Gasteiger partial charge in [-0.05, 0) is 71.1 Å². The Bertz CT molecular complexity index is 494. The third-order valence-corrected chi connectivity index (χ3v) is 5.58. The van der Waals surface area contributed by atoms with Gasteiger partial charge in [0.15, 0.2) is 0 Å². The van der Waals surface area contributed by atoms with E-state index >= 15 is 0 Å². The third kappa shape index (κ3) is 3.85. The van der Waals surface area contributed by atoms with E-state index in [0.717, 1.165) is 31.2 Å². The Morgan fingerprint density at radius 3 is 2.43 bits per heavy atom. The lowest BCUT2D eigenvalue weighted by molar-refractivity contribution is -0.0781. The number of benzene rings is 1. The molecule has 1 aromatic rings. The molecule has 1 saturated carbocycles. The molecule has 1 aliphatic carbocycles. The van der Waals surface area contributed by atoms with Gasteiger partial charge >= 0.3 is 0 Å². The number of nitrogens with two attached hydrogens (primary N) is 1. The van der Waals surface area contributed by atoms with E-state index in [9.17, 15) is 4.39 Å². The fraction of sp³-hybridized carbons (Fsp3) is 0.647. The summed E-state index contributed by atoms with van der Waals surface area (Å²) in [7, 11) is 1.76. The van der Waals surface area contributed by atoms with Crippen molar-refractivity contribution < 1.29 is 9.13 Å². The van der Waals surface area contributed by atoms with Crippen LogP contribution in [-0.2, 0) is 11.2 Å². The Balaban J connectivity index is 2.10. The molecule has 1 aromatic carbocycles. The topological polar surface area (TPSA) is 35.2 Å². The molecule has 0 radical (unpaired) electrons. The van der Waals surface area contributed by atoms with E-state index < -0.39 is 0 Å². The van der Waals surface area contributed by atoms with Crippen molar-refractivity contribution in [3.05, 3.63) is 34.1 Å². The minimum absolute atomic E-state index is 0.0732. The fourth-order valence-electron chi connectivity index (χ4n) is 3.18. The van der Waals surface area contributed by atoms with Gasteiger partial charge in [0.05, 0.1) is 10.1 Å². The third-order valence-electron chi connectivity index (χ3n) is 4.97. The maximum Gasteiger partial charge on any atom is 0.137 e. The summed E-state index contributed by atoms with van der Waals surface area (Å²) in [6.45, 7) is 4.60. The molecule has 0 aliphatic heterocycles. The summed E-state index contributed by atoms with van der Waals surface area (Å²) >= 11 is 3.23. The first-order chi connectivity index (χ1) is 9.78. The SMILES string of the molecule is COC1(C(N)Cc2ccc(F)c(Br)c2)CCC(C)(C)CC1. The maximum absolute atomic E-state index is 13.3. The number of hydrogen-bond donors (Lipinski definition) is 1. The Hall–Kier alpha value is -0.450. The largest absolute Gasteiger partial charge is 0.377 e. The Morgan fingerprint density at radius 2 is 1.90 bits per heavy atom. The number of hydrogen-bond acceptors (Lipinski definition) is 2. The molecule has 4 heteroatoms. The highest BCUT2D eigenvalue weighted by molar-refractivity contribution is 9.10. The van der Waals surface area contributed by atoms with Gasteiger partial charge in [0.25, 0.3) is 0 Å². The summed E-state index contributed by atoms with van der Waals surface area (Å²) in [5.74, 6) is -0.242. The van der Waals surface area contributed by atoms with E-state index in [1.165, 1.54) is 6.07 Å². The number of rotatable bonds is 4. The lowest BCUT2D eigenvalue weighted by Gasteiger charge is -2.46. The molecule has 21 heavy (non-hydrogen) atoms. The second-order valence-electron chi connectivity index (χ2n) is 6.99. The van der Waals surface area contributed by atoms with Gasteiger partial charge in [-0.1, -0.05) is 19.9 Å². The normalized spacial score (nSPS) is 22.0. The van der Waals surface area contributed by atoms with E-state index in [1.54, 1.807) is 13.2 Å². The summed E-state index contributed by atoms with van der Waals surface area (Å²) in [5, 5.41) is 0. The summed E-state index contributed by atoms with van der Waals surface area (Å²) in [4.78, 5) is 0. The quantitative estimate of drug-likeness (QED) is 0.864. The van der Waals surface area contributed by atoms with E-state index in [2.05, 4.69) is 29.8 Å². The smallest absolute Gasteiger partial charge is 0.137 e. The van der Waals surface area contributed by atoms with Crippen LogP contribution in [0.3, 0.4) is 0 Å². The highest BCUT2D eigenvalue weighted by Crippen LogP contribution is 2.43. The molecule has 2 nitrogen and oxygen atoms in total. The molecule has 118 valence electrons. The van der Waals surface area contributed by atoms with Gasteiger partial charge in [-0.2, -0.15) is 0 Å². The standard InChI is InChI=1S/C17H25BrFNO/c1-16(2)6-8-17(21-3,9-7-16)15(20)11-12-4-5-14(19)13(18)10-12/h4-5,10,15H,6-9,11,20H2,1-3H3. The maximum atomic E-state index is 13.3. The molecule has 1 fully saturated rings. The molecule has 1 aliphatic rings. The first-order valence-electron chi connectivity index (χ1n) is 7.53. The Labute approximate surface area is 135 Å². The highest BCUT2D eigenvalue weighted by Gasteiger charge is 2.42. The van der Waals surface area contributed by atoms with Gasteiger partial charge in [-0.25, -0.2) is 4.39 Å². The second-order valence-corrected chi connectivity index (χ2v) is 7.85. The molecular weight excluding hydrogens is 333 g/mol.